The lowest BCUT2D eigenvalue weighted by atomic mass is 10.2. The molecule has 3 aromatic rings. The second kappa shape index (κ2) is 8.08. The van der Waals surface area contributed by atoms with Crippen LogP contribution in [0.25, 0.3) is 10.9 Å². The van der Waals surface area contributed by atoms with Gasteiger partial charge in [-0.15, -0.1) is 0 Å². The Balaban J connectivity index is 1.89. The summed E-state index contributed by atoms with van der Waals surface area (Å²) in [5, 5.41) is 0.788. The second-order valence-corrected chi connectivity index (χ2v) is 6.78. The van der Waals surface area contributed by atoms with Crippen molar-refractivity contribution in [2.24, 2.45) is 0 Å². The van der Waals surface area contributed by atoms with Crippen molar-refractivity contribution in [1.29, 1.82) is 0 Å². The number of nitrogens with zero attached hydrogens (tertiary/aromatic N) is 2. The van der Waals surface area contributed by atoms with Crippen LogP contribution in [0, 0.1) is 0 Å². The van der Waals surface area contributed by atoms with Crippen molar-refractivity contribution in [3.63, 3.8) is 0 Å². The molecule has 1 aromatic heterocycles. The average molecular weight is 364 g/mol. The van der Waals surface area contributed by atoms with Crippen molar-refractivity contribution in [2.45, 2.75) is 33.0 Å². The van der Waals surface area contributed by atoms with Crippen LogP contribution in [0.3, 0.4) is 0 Å². The van der Waals surface area contributed by atoms with Crippen LogP contribution in [0.4, 0.5) is 0 Å². The number of methoxy groups -OCH3 is 1. The fraction of sp³-hybridized carbons (Fsp3) is 0.273. The summed E-state index contributed by atoms with van der Waals surface area (Å²) in [5.41, 5.74) is 2.40. The molecule has 5 heteroatoms. The molecule has 0 saturated heterocycles. The molecule has 0 spiro atoms. The highest BCUT2D eigenvalue weighted by molar-refractivity contribution is 6.04. The van der Waals surface area contributed by atoms with Gasteiger partial charge in [-0.25, -0.2) is 4.79 Å². The minimum atomic E-state index is -0.401. The van der Waals surface area contributed by atoms with Gasteiger partial charge in [-0.1, -0.05) is 48.5 Å². The van der Waals surface area contributed by atoms with Gasteiger partial charge in [-0.3, -0.25) is 4.79 Å². The van der Waals surface area contributed by atoms with Crippen LogP contribution in [-0.4, -0.2) is 34.5 Å². The molecular formula is C22H24N2O3. The topological polar surface area (TPSA) is 51.5 Å². The molecule has 0 saturated carbocycles. The van der Waals surface area contributed by atoms with E-state index in [0.29, 0.717) is 12.1 Å². The Morgan fingerprint density at radius 3 is 2.37 bits per heavy atom. The monoisotopic (exact) mass is 364 g/mol. The number of fused-ring (bicyclic) bond motifs is 1. The lowest BCUT2D eigenvalue weighted by Crippen LogP contribution is -2.38. The largest absolute Gasteiger partial charge is 0.465 e. The Labute approximate surface area is 159 Å². The van der Waals surface area contributed by atoms with Gasteiger partial charge in [0, 0.05) is 29.7 Å². The molecule has 1 amide bonds. The van der Waals surface area contributed by atoms with E-state index in [0.717, 1.165) is 16.5 Å². The molecule has 27 heavy (non-hydrogen) atoms. The van der Waals surface area contributed by atoms with Gasteiger partial charge in [-0.2, -0.15) is 0 Å². The van der Waals surface area contributed by atoms with E-state index in [1.165, 1.54) is 7.11 Å². The van der Waals surface area contributed by atoms with Gasteiger partial charge in [0.15, 0.2) is 0 Å². The fourth-order valence-corrected chi connectivity index (χ4v) is 3.23. The van der Waals surface area contributed by atoms with Gasteiger partial charge >= 0.3 is 5.97 Å². The Morgan fingerprint density at radius 1 is 1.04 bits per heavy atom. The maximum Gasteiger partial charge on any atom is 0.340 e. The highest BCUT2D eigenvalue weighted by Gasteiger charge is 2.21. The van der Waals surface area contributed by atoms with Crippen molar-refractivity contribution in [2.75, 3.05) is 7.11 Å². The van der Waals surface area contributed by atoms with Gasteiger partial charge in [-0.05, 0) is 25.5 Å². The lowest BCUT2D eigenvalue weighted by molar-refractivity contribution is -0.134. The van der Waals surface area contributed by atoms with Crippen molar-refractivity contribution in [3.05, 3.63) is 71.9 Å². The molecule has 0 N–H and O–H groups in total. The third kappa shape index (κ3) is 4.03. The van der Waals surface area contributed by atoms with Crippen molar-refractivity contribution < 1.29 is 14.3 Å². The molecule has 0 fully saturated rings. The third-order valence-corrected chi connectivity index (χ3v) is 4.64. The number of carbonyl (C=O) groups is 2. The number of benzene rings is 2. The first-order valence-corrected chi connectivity index (χ1v) is 9.01. The van der Waals surface area contributed by atoms with Crippen LogP contribution in [0.2, 0.25) is 0 Å². The molecule has 0 aliphatic heterocycles. The number of hydrogen-bond donors (Lipinski definition) is 0. The summed E-state index contributed by atoms with van der Waals surface area (Å²) in [5.74, 6) is -0.395. The number of hydrogen-bond acceptors (Lipinski definition) is 3. The average Bonchev–Trinajstić information content (AvgIpc) is 3.04. The van der Waals surface area contributed by atoms with Crippen molar-refractivity contribution in [1.82, 2.24) is 9.47 Å². The van der Waals surface area contributed by atoms with Crippen LogP contribution >= 0.6 is 0 Å². The summed E-state index contributed by atoms with van der Waals surface area (Å²) in [7, 11) is 1.36. The zero-order valence-corrected chi connectivity index (χ0v) is 15.9. The van der Waals surface area contributed by atoms with Crippen LogP contribution in [0.15, 0.2) is 60.8 Å². The Morgan fingerprint density at radius 2 is 1.70 bits per heavy atom. The van der Waals surface area contributed by atoms with Gasteiger partial charge in [0.25, 0.3) is 0 Å². The van der Waals surface area contributed by atoms with Gasteiger partial charge in [0.05, 0.1) is 12.7 Å². The molecule has 5 nitrogen and oxygen atoms in total. The molecule has 0 radical (unpaired) electrons. The van der Waals surface area contributed by atoms with E-state index < -0.39 is 5.97 Å². The number of esters is 1. The predicted molar refractivity (Wildman–Crippen MR) is 105 cm³/mol. The molecule has 0 aliphatic carbocycles. The number of aromatic nitrogens is 1. The summed E-state index contributed by atoms with van der Waals surface area (Å²) in [4.78, 5) is 27.0. The summed E-state index contributed by atoms with van der Waals surface area (Å²) >= 11 is 0. The minimum Gasteiger partial charge on any atom is -0.465 e. The molecule has 0 bridgehead atoms. The maximum atomic E-state index is 13.0. The smallest absolute Gasteiger partial charge is 0.340 e. The fourth-order valence-electron chi connectivity index (χ4n) is 3.23. The molecule has 3 rings (SSSR count). The molecular weight excluding hydrogens is 340 g/mol. The van der Waals surface area contributed by atoms with Gasteiger partial charge < -0.3 is 14.2 Å². The summed E-state index contributed by atoms with van der Waals surface area (Å²) in [6.07, 6.45) is 1.70. The van der Waals surface area contributed by atoms with Crippen LogP contribution in [-0.2, 0) is 22.6 Å². The summed E-state index contributed by atoms with van der Waals surface area (Å²) in [6, 6.07) is 17.6. The quantitative estimate of drug-likeness (QED) is 0.624. The minimum absolute atomic E-state index is 0.00558. The first-order valence-electron chi connectivity index (χ1n) is 9.01. The van der Waals surface area contributed by atoms with Crippen LogP contribution in [0.1, 0.15) is 29.8 Å². The van der Waals surface area contributed by atoms with E-state index in [1.54, 1.807) is 6.20 Å². The first kappa shape index (κ1) is 18.7. The van der Waals surface area contributed by atoms with E-state index in [4.69, 9.17) is 4.74 Å². The number of rotatable bonds is 6. The second-order valence-electron chi connectivity index (χ2n) is 6.78. The number of ether oxygens (including phenoxy) is 1. The highest BCUT2D eigenvalue weighted by Crippen LogP contribution is 2.22. The van der Waals surface area contributed by atoms with Gasteiger partial charge in [0.1, 0.15) is 6.54 Å². The normalized spacial score (nSPS) is 11.0. The molecule has 0 atom stereocenters. The number of carbonyl (C=O) groups excluding carboxylic acids is 2. The standard InChI is InChI=1S/C22H24N2O3/c1-16(2)24(13-17-9-5-4-6-10-17)21(25)15-23-14-19(22(26)27-3)18-11-7-8-12-20(18)23/h4-12,14,16H,13,15H2,1-3H3. The molecule has 0 unspecified atom stereocenters. The lowest BCUT2D eigenvalue weighted by Gasteiger charge is -2.27. The zero-order valence-electron chi connectivity index (χ0n) is 15.9. The number of amides is 1. The van der Waals surface area contributed by atoms with E-state index in [9.17, 15) is 9.59 Å². The zero-order chi connectivity index (χ0) is 19.4. The summed E-state index contributed by atoms with van der Waals surface area (Å²) < 4.78 is 6.70. The SMILES string of the molecule is COC(=O)c1cn(CC(=O)N(Cc2ccccc2)C(C)C)c2ccccc12. The van der Waals surface area contributed by atoms with Crippen LogP contribution in [0.5, 0.6) is 0 Å². The highest BCUT2D eigenvalue weighted by atomic mass is 16.5. The van der Waals surface area contributed by atoms with Crippen LogP contribution < -0.4 is 0 Å². The molecule has 2 aromatic carbocycles. The molecule has 0 aliphatic rings. The molecule has 1 heterocycles. The molecule has 140 valence electrons. The van der Waals surface area contributed by atoms with E-state index in [2.05, 4.69) is 0 Å². The van der Waals surface area contributed by atoms with E-state index >= 15 is 0 Å². The maximum absolute atomic E-state index is 13.0. The van der Waals surface area contributed by atoms with Gasteiger partial charge in [0.2, 0.25) is 5.91 Å². The Kier molecular flexibility index (Phi) is 5.60. The van der Waals surface area contributed by atoms with E-state index in [-0.39, 0.29) is 18.5 Å². The Bertz CT molecular complexity index is 945. The van der Waals surface area contributed by atoms with Crippen molar-refractivity contribution >= 4 is 22.8 Å². The Hall–Kier alpha value is -3.08. The third-order valence-electron chi connectivity index (χ3n) is 4.64. The predicted octanol–water partition coefficient (Wildman–Crippen LogP) is 3.87. The first-order chi connectivity index (χ1) is 13.0. The summed E-state index contributed by atoms with van der Waals surface area (Å²) in [6.45, 7) is 4.74. The number of para-hydroxylation sites is 1. The van der Waals surface area contributed by atoms with Crippen molar-refractivity contribution in [3.8, 4) is 0 Å². The van der Waals surface area contributed by atoms with E-state index in [1.807, 2.05) is 77.9 Å².